The van der Waals surface area contributed by atoms with E-state index in [1.165, 1.54) is 0 Å². The van der Waals surface area contributed by atoms with Crippen molar-refractivity contribution in [1.29, 1.82) is 0 Å². The van der Waals surface area contributed by atoms with Gasteiger partial charge in [-0.1, -0.05) is 0 Å². The van der Waals surface area contributed by atoms with E-state index in [1.54, 1.807) is 0 Å². The largest absolute Gasteiger partial charge is 1.00 e. The van der Waals surface area contributed by atoms with Gasteiger partial charge in [-0.15, -0.1) is 12.1 Å². The molecular weight excluding hydrogens is 235 g/mol. The molecule has 0 fully saturated rings. The number of hydrogen-bond donors (Lipinski definition) is 0. The van der Waals surface area contributed by atoms with Crippen LogP contribution in [0.3, 0.4) is 0 Å². The maximum atomic E-state index is 11.9. The summed E-state index contributed by atoms with van der Waals surface area (Å²) in [5, 5.41) is 0. The molecule has 0 aromatic heterocycles. The van der Waals surface area contributed by atoms with Crippen LogP contribution in [-0.2, 0) is 9.47 Å². The second-order valence-electron chi connectivity index (χ2n) is 3.21. The van der Waals surface area contributed by atoms with Crippen LogP contribution >= 0.6 is 0 Å². The van der Waals surface area contributed by atoms with Crippen LogP contribution in [0.15, 0.2) is 12.1 Å². The molecule has 0 aliphatic carbocycles. The first-order valence-corrected chi connectivity index (χ1v) is 4.41. The molecule has 0 unspecified atom stereocenters. The zero-order valence-electron chi connectivity index (χ0n) is 9.43. The summed E-state index contributed by atoms with van der Waals surface area (Å²) in [7, 11) is 0. The van der Waals surface area contributed by atoms with Gasteiger partial charge in [0, 0.05) is 6.61 Å². The van der Waals surface area contributed by atoms with Gasteiger partial charge >= 0.3 is 58.4 Å². The van der Waals surface area contributed by atoms with Gasteiger partial charge in [0.1, 0.15) is 0 Å². The Morgan fingerprint density at radius 2 is 1.80 bits per heavy atom. The summed E-state index contributed by atoms with van der Waals surface area (Å²) < 4.78 is 45.6. The third-order valence-corrected chi connectivity index (χ3v) is 1.43. The molecule has 0 aromatic carbocycles. The average Bonchev–Trinajstić information content (AvgIpc) is 2.01. The molecule has 0 atom stereocenters. The third kappa shape index (κ3) is 11.4. The molecule has 15 heavy (non-hydrogen) atoms. The van der Waals surface area contributed by atoms with Gasteiger partial charge in [-0.05, 0) is 13.8 Å². The molecule has 7 heteroatoms. The summed E-state index contributed by atoms with van der Waals surface area (Å²) >= 11 is 0. The maximum absolute atomic E-state index is 11.9. The van der Waals surface area contributed by atoms with Gasteiger partial charge in [-0.3, -0.25) is 0 Å². The van der Waals surface area contributed by atoms with E-state index in [2.05, 4.69) is 6.58 Å². The standard InChI is InChI=1S/C8H15BF3O2.K/c1-7(2)14-5-4-13-6-8(3)9(10,11)12;/h7H,3-6H2,1-2H3;/q-1;+1. The first-order chi connectivity index (χ1) is 6.34. The molecule has 84 valence electrons. The smallest absolute Gasteiger partial charge is 0.445 e. The summed E-state index contributed by atoms with van der Waals surface area (Å²) in [6, 6.07) is 0. The molecule has 0 aliphatic rings. The Kier molecular flexibility index (Phi) is 11.4. The van der Waals surface area contributed by atoms with Gasteiger partial charge in [0.05, 0.1) is 19.3 Å². The van der Waals surface area contributed by atoms with Gasteiger partial charge in [-0.25, -0.2) is 0 Å². The quantitative estimate of drug-likeness (QED) is 0.442. The van der Waals surface area contributed by atoms with Gasteiger partial charge in [0.25, 0.3) is 0 Å². The summed E-state index contributed by atoms with van der Waals surface area (Å²) in [6.07, 6.45) is 0.0636. The minimum Gasteiger partial charge on any atom is -0.445 e. The third-order valence-electron chi connectivity index (χ3n) is 1.43. The molecule has 0 rings (SSSR count). The van der Waals surface area contributed by atoms with Crippen LogP contribution in [0.25, 0.3) is 0 Å². The number of hydrogen-bond acceptors (Lipinski definition) is 2. The Balaban J connectivity index is 0. The number of halogens is 3. The van der Waals surface area contributed by atoms with Crippen molar-refractivity contribution in [3.05, 3.63) is 12.1 Å². The van der Waals surface area contributed by atoms with E-state index in [9.17, 15) is 12.9 Å². The van der Waals surface area contributed by atoms with Crippen molar-refractivity contribution in [3.63, 3.8) is 0 Å². The predicted octanol–water partition coefficient (Wildman–Crippen LogP) is -0.625. The molecule has 0 radical (unpaired) electrons. The molecule has 0 N–H and O–H groups in total. The molecule has 0 saturated heterocycles. The average molecular weight is 250 g/mol. The van der Waals surface area contributed by atoms with Crippen LogP contribution in [0, 0.1) is 0 Å². The van der Waals surface area contributed by atoms with E-state index < -0.39 is 19.1 Å². The summed E-state index contributed by atoms with van der Waals surface area (Å²) in [5.74, 6) is 0. The molecular formula is C8H15BF3KO2. The van der Waals surface area contributed by atoms with Gasteiger partial charge in [-0.2, -0.15) is 0 Å². The maximum Gasteiger partial charge on any atom is 1.00 e. The molecule has 0 heterocycles. The topological polar surface area (TPSA) is 18.5 Å². The SMILES string of the molecule is C=C(COCCOC(C)C)[B-](F)(F)F.[K+]. The molecule has 2 nitrogen and oxygen atoms in total. The van der Waals surface area contributed by atoms with Crippen molar-refractivity contribution in [2.24, 2.45) is 0 Å². The Morgan fingerprint density at radius 3 is 2.20 bits per heavy atom. The number of rotatable bonds is 7. The molecule has 0 amide bonds. The van der Waals surface area contributed by atoms with Crippen molar-refractivity contribution in [3.8, 4) is 0 Å². The summed E-state index contributed by atoms with van der Waals surface area (Å²) in [5.41, 5.74) is -0.811. The van der Waals surface area contributed by atoms with Gasteiger partial charge < -0.3 is 22.4 Å². The van der Waals surface area contributed by atoms with E-state index >= 15 is 0 Å². The summed E-state index contributed by atoms with van der Waals surface area (Å²) in [4.78, 5) is 0. The predicted molar refractivity (Wildman–Crippen MR) is 50.1 cm³/mol. The fourth-order valence-electron chi connectivity index (χ4n) is 0.640. The molecule has 0 bridgehead atoms. The number of ether oxygens (including phenoxy) is 2. The van der Waals surface area contributed by atoms with Crippen LogP contribution in [0.5, 0.6) is 0 Å². The molecule has 0 saturated carbocycles. The van der Waals surface area contributed by atoms with Crippen LogP contribution in [0.1, 0.15) is 13.8 Å². The van der Waals surface area contributed by atoms with Crippen LogP contribution in [-0.4, -0.2) is 32.9 Å². The molecule has 0 aromatic rings. The van der Waals surface area contributed by atoms with Crippen molar-refractivity contribution in [2.45, 2.75) is 20.0 Å². The minimum absolute atomic E-state index is 0. The fourth-order valence-corrected chi connectivity index (χ4v) is 0.640. The second-order valence-corrected chi connectivity index (χ2v) is 3.21. The Labute approximate surface area is 131 Å². The van der Waals surface area contributed by atoms with E-state index in [4.69, 9.17) is 9.47 Å². The van der Waals surface area contributed by atoms with Crippen LogP contribution in [0.4, 0.5) is 12.9 Å². The summed E-state index contributed by atoms with van der Waals surface area (Å²) in [6.45, 7) is 1.61. The normalized spacial score (nSPS) is 11.3. The zero-order chi connectivity index (χ0) is 11.2. The van der Waals surface area contributed by atoms with Crippen molar-refractivity contribution in [2.75, 3.05) is 19.8 Å². The first-order valence-electron chi connectivity index (χ1n) is 4.41. The Bertz CT molecular complexity index is 185. The van der Waals surface area contributed by atoms with Crippen molar-refractivity contribution in [1.82, 2.24) is 0 Å². The van der Waals surface area contributed by atoms with Crippen molar-refractivity contribution >= 4 is 6.98 Å². The van der Waals surface area contributed by atoms with E-state index in [-0.39, 0.29) is 64.1 Å². The van der Waals surface area contributed by atoms with Crippen LogP contribution < -0.4 is 51.4 Å². The van der Waals surface area contributed by atoms with Crippen molar-refractivity contribution < 1.29 is 73.8 Å². The van der Waals surface area contributed by atoms with Crippen LogP contribution in [0.2, 0.25) is 0 Å². The second kappa shape index (κ2) is 9.21. The minimum atomic E-state index is -4.97. The molecule has 0 aliphatic heterocycles. The monoisotopic (exact) mass is 250 g/mol. The van der Waals surface area contributed by atoms with Gasteiger partial charge in [0.2, 0.25) is 0 Å². The first kappa shape index (κ1) is 18.5. The molecule has 0 spiro atoms. The Morgan fingerprint density at radius 1 is 1.27 bits per heavy atom. The van der Waals surface area contributed by atoms with E-state index in [1.807, 2.05) is 13.8 Å². The zero-order valence-corrected chi connectivity index (χ0v) is 12.6. The Hall–Kier alpha value is 1.15. The van der Waals surface area contributed by atoms with E-state index in [0.29, 0.717) is 6.61 Å². The van der Waals surface area contributed by atoms with E-state index in [0.717, 1.165) is 0 Å². The fraction of sp³-hybridized carbons (Fsp3) is 0.750. The van der Waals surface area contributed by atoms with Gasteiger partial charge in [0.15, 0.2) is 0 Å².